The summed E-state index contributed by atoms with van der Waals surface area (Å²) >= 11 is 0. The fraction of sp³-hybridized carbons (Fsp3) is 0.417. The molecule has 0 saturated heterocycles. The third-order valence-corrected chi connectivity index (χ3v) is 2.33. The molecule has 0 fully saturated rings. The Hall–Kier alpha value is -1.66. The van der Waals surface area contributed by atoms with E-state index in [2.05, 4.69) is 15.7 Å². The molecule has 1 rings (SSSR count). The van der Waals surface area contributed by atoms with Gasteiger partial charge in [0.05, 0.1) is 0 Å². The predicted octanol–water partition coefficient (Wildman–Crippen LogP) is 1.40. The van der Waals surface area contributed by atoms with E-state index in [0.717, 1.165) is 12.1 Å². The summed E-state index contributed by atoms with van der Waals surface area (Å²) in [4.78, 5) is 4.22. The van der Waals surface area contributed by atoms with Crippen molar-refractivity contribution in [1.29, 1.82) is 0 Å². The van der Waals surface area contributed by atoms with Crippen molar-refractivity contribution < 1.29 is 9.13 Å². The standard InChI is InChI=1S/C12H19FN4O/c1-9-8-10(4-5-11(9)13)16-12(17-14)15-6-3-7-18-2/h4-5,8H,3,6-7,14H2,1-2H3,(H2,15,16,17). The van der Waals surface area contributed by atoms with E-state index >= 15 is 0 Å². The highest BCUT2D eigenvalue weighted by atomic mass is 19.1. The Morgan fingerprint density at radius 2 is 2.28 bits per heavy atom. The van der Waals surface area contributed by atoms with Crippen molar-refractivity contribution in [3.63, 3.8) is 0 Å². The highest BCUT2D eigenvalue weighted by Crippen LogP contribution is 2.13. The van der Waals surface area contributed by atoms with Crippen LogP contribution in [0.3, 0.4) is 0 Å². The summed E-state index contributed by atoms with van der Waals surface area (Å²) in [5.74, 6) is 5.56. The van der Waals surface area contributed by atoms with Gasteiger partial charge in [0.2, 0.25) is 5.96 Å². The molecular formula is C12H19FN4O. The molecule has 0 heterocycles. The van der Waals surface area contributed by atoms with Crippen LogP contribution in [0, 0.1) is 12.7 Å². The zero-order valence-electron chi connectivity index (χ0n) is 10.7. The van der Waals surface area contributed by atoms with Crippen molar-refractivity contribution in [2.75, 3.05) is 25.6 Å². The van der Waals surface area contributed by atoms with Gasteiger partial charge in [-0.05, 0) is 37.1 Å². The number of guanidine groups is 1. The Morgan fingerprint density at radius 3 is 2.89 bits per heavy atom. The van der Waals surface area contributed by atoms with Gasteiger partial charge in [-0.2, -0.15) is 0 Å². The van der Waals surface area contributed by atoms with E-state index in [1.54, 1.807) is 26.2 Å². The maximum absolute atomic E-state index is 13.1. The molecule has 18 heavy (non-hydrogen) atoms. The molecule has 0 aliphatic heterocycles. The van der Waals surface area contributed by atoms with Crippen LogP contribution in [0.25, 0.3) is 0 Å². The lowest BCUT2D eigenvalue weighted by Crippen LogP contribution is -2.36. The predicted molar refractivity (Wildman–Crippen MR) is 70.9 cm³/mol. The molecule has 6 heteroatoms. The second kappa shape index (κ2) is 7.62. The van der Waals surface area contributed by atoms with Gasteiger partial charge in [0, 0.05) is 25.9 Å². The smallest absolute Gasteiger partial charge is 0.210 e. The fourth-order valence-corrected chi connectivity index (χ4v) is 1.38. The number of methoxy groups -OCH3 is 1. The average Bonchev–Trinajstić information content (AvgIpc) is 2.37. The largest absolute Gasteiger partial charge is 0.385 e. The van der Waals surface area contributed by atoms with E-state index < -0.39 is 0 Å². The number of halogens is 1. The van der Waals surface area contributed by atoms with Crippen LogP contribution in [0.1, 0.15) is 12.0 Å². The third-order valence-electron chi connectivity index (χ3n) is 2.33. The monoisotopic (exact) mass is 254 g/mol. The van der Waals surface area contributed by atoms with Gasteiger partial charge in [-0.1, -0.05) is 0 Å². The molecule has 0 spiro atoms. The molecule has 0 atom stereocenters. The molecule has 1 aromatic rings. The number of nitrogens with zero attached hydrogens (tertiary/aromatic N) is 1. The second-order valence-corrected chi connectivity index (χ2v) is 3.81. The Labute approximate surface area is 106 Å². The van der Waals surface area contributed by atoms with Crippen LogP contribution in [-0.4, -0.2) is 26.2 Å². The minimum atomic E-state index is -0.236. The molecule has 0 aliphatic rings. The molecule has 0 bridgehead atoms. The molecule has 5 nitrogen and oxygen atoms in total. The fourth-order valence-electron chi connectivity index (χ4n) is 1.38. The maximum Gasteiger partial charge on any atom is 0.210 e. The third kappa shape index (κ3) is 4.68. The quantitative estimate of drug-likeness (QED) is 0.244. The van der Waals surface area contributed by atoms with E-state index in [0.29, 0.717) is 24.7 Å². The lowest BCUT2D eigenvalue weighted by atomic mass is 10.2. The summed E-state index contributed by atoms with van der Waals surface area (Å²) in [5.41, 5.74) is 3.77. The van der Waals surface area contributed by atoms with Crippen molar-refractivity contribution in [3.05, 3.63) is 29.6 Å². The summed E-state index contributed by atoms with van der Waals surface area (Å²) in [5, 5.41) is 2.98. The topological polar surface area (TPSA) is 71.7 Å². The molecule has 0 amide bonds. The molecule has 0 unspecified atom stereocenters. The van der Waals surface area contributed by atoms with E-state index in [-0.39, 0.29) is 5.82 Å². The van der Waals surface area contributed by atoms with Crippen LogP contribution >= 0.6 is 0 Å². The van der Waals surface area contributed by atoms with Crippen LogP contribution in [0.5, 0.6) is 0 Å². The van der Waals surface area contributed by atoms with Gasteiger partial charge in [-0.15, -0.1) is 0 Å². The Balaban J connectivity index is 2.58. The highest BCUT2D eigenvalue weighted by Gasteiger charge is 2.01. The number of aryl methyl sites for hydroxylation is 1. The van der Waals surface area contributed by atoms with Gasteiger partial charge in [0.15, 0.2) is 0 Å². The van der Waals surface area contributed by atoms with Gasteiger partial charge < -0.3 is 10.1 Å². The number of anilines is 1. The maximum atomic E-state index is 13.1. The molecule has 100 valence electrons. The van der Waals surface area contributed by atoms with E-state index in [4.69, 9.17) is 10.6 Å². The minimum absolute atomic E-state index is 0.236. The zero-order chi connectivity index (χ0) is 13.4. The normalized spacial score (nSPS) is 11.4. The summed E-state index contributed by atoms with van der Waals surface area (Å²) in [6, 6.07) is 4.72. The Morgan fingerprint density at radius 1 is 1.50 bits per heavy atom. The number of rotatable bonds is 5. The summed E-state index contributed by atoms with van der Waals surface area (Å²) < 4.78 is 18.0. The van der Waals surface area contributed by atoms with Gasteiger partial charge in [-0.3, -0.25) is 10.4 Å². The first kappa shape index (κ1) is 14.4. The van der Waals surface area contributed by atoms with Gasteiger partial charge >= 0.3 is 0 Å². The summed E-state index contributed by atoms with van der Waals surface area (Å²) in [6.45, 7) is 2.95. The first-order chi connectivity index (χ1) is 8.67. The summed E-state index contributed by atoms with van der Waals surface area (Å²) in [6.07, 6.45) is 0.811. The van der Waals surface area contributed by atoms with E-state index in [1.165, 1.54) is 6.07 Å². The van der Waals surface area contributed by atoms with Crippen LogP contribution in [-0.2, 0) is 4.74 Å². The Bertz CT molecular complexity index is 409. The van der Waals surface area contributed by atoms with Crippen LogP contribution in [0.2, 0.25) is 0 Å². The number of hydrogen-bond acceptors (Lipinski definition) is 3. The van der Waals surface area contributed by atoms with Crippen molar-refractivity contribution in [1.82, 2.24) is 5.43 Å². The number of benzene rings is 1. The first-order valence-electron chi connectivity index (χ1n) is 5.70. The molecular weight excluding hydrogens is 235 g/mol. The van der Waals surface area contributed by atoms with Crippen LogP contribution in [0.15, 0.2) is 23.2 Å². The second-order valence-electron chi connectivity index (χ2n) is 3.81. The number of ether oxygens (including phenoxy) is 1. The Kier molecular flexibility index (Phi) is 6.10. The number of nitrogens with two attached hydrogens (primary N) is 1. The van der Waals surface area contributed by atoms with Crippen LogP contribution < -0.4 is 16.6 Å². The molecule has 0 aliphatic carbocycles. The van der Waals surface area contributed by atoms with E-state index in [1.807, 2.05) is 0 Å². The zero-order valence-corrected chi connectivity index (χ0v) is 10.7. The minimum Gasteiger partial charge on any atom is -0.385 e. The number of hydrazine groups is 1. The molecule has 0 aromatic heterocycles. The van der Waals surface area contributed by atoms with Gasteiger partial charge in [0.1, 0.15) is 5.82 Å². The van der Waals surface area contributed by atoms with Crippen molar-refractivity contribution in [2.24, 2.45) is 10.8 Å². The molecule has 1 aromatic carbocycles. The lowest BCUT2D eigenvalue weighted by Gasteiger charge is -2.10. The van der Waals surface area contributed by atoms with Gasteiger partial charge in [-0.25, -0.2) is 10.2 Å². The lowest BCUT2D eigenvalue weighted by molar-refractivity contribution is 0.197. The van der Waals surface area contributed by atoms with Crippen LogP contribution in [0.4, 0.5) is 10.1 Å². The number of aliphatic imine (C=N–C) groups is 1. The first-order valence-corrected chi connectivity index (χ1v) is 5.70. The number of hydrogen-bond donors (Lipinski definition) is 3. The SMILES string of the molecule is COCCCN=C(NN)Nc1ccc(F)c(C)c1. The molecule has 4 N–H and O–H groups in total. The average molecular weight is 254 g/mol. The van der Waals surface area contributed by atoms with E-state index in [9.17, 15) is 4.39 Å². The highest BCUT2D eigenvalue weighted by molar-refractivity contribution is 5.93. The molecule has 0 saturated carbocycles. The number of nitrogens with one attached hydrogen (secondary N) is 2. The van der Waals surface area contributed by atoms with Crippen molar-refractivity contribution in [2.45, 2.75) is 13.3 Å². The van der Waals surface area contributed by atoms with Gasteiger partial charge in [0.25, 0.3) is 0 Å². The summed E-state index contributed by atoms with van der Waals surface area (Å²) in [7, 11) is 1.64. The van der Waals surface area contributed by atoms with Crippen molar-refractivity contribution >= 4 is 11.6 Å². The van der Waals surface area contributed by atoms with Crippen molar-refractivity contribution in [3.8, 4) is 0 Å². The molecule has 0 radical (unpaired) electrons.